The number of esters is 1. The standard InChI is InChI=1S/C17H15NO3S/c1-11-5-6-13(8-12(11)2)17(19)21-10-14-9-20-16(18-14)15-4-3-7-22-15/h3-9H,10H2,1-2H3. The normalized spacial score (nSPS) is 10.6. The van der Waals surface area contributed by atoms with Crippen LogP contribution >= 0.6 is 11.3 Å². The van der Waals surface area contributed by atoms with Crippen LogP contribution in [-0.2, 0) is 11.3 Å². The highest BCUT2D eigenvalue weighted by Gasteiger charge is 2.12. The molecule has 0 fully saturated rings. The van der Waals surface area contributed by atoms with Crippen LogP contribution in [0.2, 0.25) is 0 Å². The van der Waals surface area contributed by atoms with Gasteiger partial charge in [-0.2, -0.15) is 0 Å². The molecule has 0 saturated carbocycles. The molecule has 4 nitrogen and oxygen atoms in total. The predicted octanol–water partition coefficient (Wildman–Crippen LogP) is 4.38. The molecular weight excluding hydrogens is 298 g/mol. The highest BCUT2D eigenvalue weighted by molar-refractivity contribution is 7.13. The molecule has 0 aliphatic carbocycles. The van der Waals surface area contributed by atoms with E-state index < -0.39 is 0 Å². The molecule has 0 bridgehead atoms. The third-order valence-electron chi connectivity index (χ3n) is 3.38. The van der Waals surface area contributed by atoms with E-state index in [1.165, 1.54) is 6.26 Å². The summed E-state index contributed by atoms with van der Waals surface area (Å²) in [5.41, 5.74) is 3.36. The summed E-state index contributed by atoms with van der Waals surface area (Å²) in [4.78, 5) is 17.3. The molecule has 0 unspecified atom stereocenters. The Hall–Kier alpha value is -2.40. The first-order valence-corrected chi connectivity index (χ1v) is 7.74. The maximum atomic E-state index is 12.0. The van der Waals surface area contributed by atoms with Crippen molar-refractivity contribution in [3.63, 3.8) is 0 Å². The largest absolute Gasteiger partial charge is 0.455 e. The number of aryl methyl sites for hydroxylation is 2. The molecule has 0 saturated heterocycles. The average Bonchev–Trinajstić information content (AvgIpc) is 3.18. The second-order valence-electron chi connectivity index (χ2n) is 5.00. The van der Waals surface area contributed by atoms with Crippen molar-refractivity contribution >= 4 is 17.3 Å². The summed E-state index contributed by atoms with van der Waals surface area (Å²) in [6.07, 6.45) is 1.52. The second kappa shape index (κ2) is 6.15. The molecule has 0 aliphatic heterocycles. The van der Waals surface area contributed by atoms with Crippen LogP contribution in [0.15, 0.2) is 46.4 Å². The number of benzene rings is 1. The van der Waals surface area contributed by atoms with Gasteiger partial charge in [0.2, 0.25) is 5.89 Å². The Morgan fingerprint density at radius 2 is 2.14 bits per heavy atom. The highest BCUT2D eigenvalue weighted by Crippen LogP contribution is 2.23. The molecule has 0 radical (unpaired) electrons. The average molecular weight is 313 g/mol. The summed E-state index contributed by atoms with van der Waals surface area (Å²) in [5, 5.41) is 1.96. The van der Waals surface area contributed by atoms with Crippen LogP contribution in [0.3, 0.4) is 0 Å². The Bertz CT molecular complexity index is 790. The van der Waals surface area contributed by atoms with E-state index in [9.17, 15) is 4.79 Å². The van der Waals surface area contributed by atoms with Crippen molar-refractivity contribution in [2.45, 2.75) is 20.5 Å². The minimum absolute atomic E-state index is 0.0978. The number of ether oxygens (including phenoxy) is 1. The van der Waals surface area contributed by atoms with E-state index in [4.69, 9.17) is 9.15 Å². The predicted molar refractivity (Wildman–Crippen MR) is 84.9 cm³/mol. The zero-order valence-corrected chi connectivity index (χ0v) is 13.1. The Kier molecular flexibility index (Phi) is 4.06. The van der Waals surface area contributed by atoms with Crippen molar-refractivity contribution in [3.8, 4) is 10.8 Å². The van der Waals surface area contributed by atoms with Gasteiger partial charge >= 0.3 is 5.97 Å². The molecule has 1 aromatic carbocycles. The number of carbonyl (C=O) groups is 1. The zero-order chi connectivity index (χ0) is 15.5. The van der Waals surface area contributed by atoms with Crippen molar-refractivity contribution in [1.82, 2.24) is 4.98 Å². The molecule has 5 heteroatoms. The molecule has 0 spiro atoms. The van der Waals surface area contributed by atoms with Crippen molar-refractivity contribution in [1.29, 1.82) is 0 Å². The number of nitrogens with zero attached hydrogens (tertiary/aromatic N) is 1. The van der Waals surface area contributed by atoms with Crippen molar-refractivity contribution < 1.29 is 13.9 Å². The fraction of sp³-hybridized carbons (Fsp3) is 0.176. The summed E-state index contributed by atoms with van der Waals surface area (Å²) in [6.45, 7) is 4.07. The molecule has 22 heavy (non-hydrogen) atoms. The van der Waals surface area contributed by atoms with Gasteiger partial charge in [-0.1, -0.05) is 12.1 Å². The summed E-state index contributed by atoms with van der Waals surface area (Å²) >= 11 is 1.55. The van der Waals surface area contributed by atoms with Gasteiger partial charge in [0, 0.05) is 0 Å². The number of carbonyl (C=O) groups excluding carboxylic acids is 1. The summed E-state index contributed by atoms with van der Waals surface area (Å²) in [6, 6.07) is 9.38. The minimum atomic E-state index is -0.358. The summed E-state index contributed by atoms with van der Waals surface area (Å²) < 4.78 is 10.7. The first-order valence-electron chi connectivity index (χ1n) is 6.86. The Morgan fingerprint density at radius 1 is 1.27 bits per heavy atom. The Labute approximate surface area is 132 Å². The third kappa shape index (κ3) is 3.09. The fourth-order valence-electron chi connectivity index (χ4n) is 1.98. The number of hydrogen-bond acceptors (Lipinski definition) is 5. The molecule has 0 N–H and O–H groups in total. The monoisotopic (exact) mass is 313 g/mol. The van der Waals surface area contributed by atoms with Crippen molar-refractivity contribution in [3.05, 3.63) is 64.4 Å². The molecule has 3 rings (SSSR count). The molecular formula is C17H15NO3S. The number of aromatic nitrogens is 1. The fourth-order valence-corrected chi connectivity index (χ4v) is 2.63. The van der Waals surface area contributed by atoms with E-state index in [2.05, 4.69) is 4.98 Å². The minimum Gasteiger partial charge on any atom is -0.455 e. The van der Waals surface area contributed by atoms with E-state index in [0.29, 0.717) is 17.1 Å². The maximum absolute atomic E-state index is 12.0. The topological polar surface area (TPSA) is 52.3 Å². The third-order valence-corrected chi connectivity index (χ3v) is 4.24. The molecule has 2 heterocycles. The quantitative estimate of drug-likeness (QED) is 0.671. The smallest absolute Gasteiger partial charge is 0.338 e. The van der Waals surface area contributed by atoms with Gasteiger partial charge in [-0.3, -0.25) is 0 Å². The van der Waals surface area contributed by atoms with Gasteiger partial charge in [-0.15, -0.1) is 11.3 Å². The van der Waals surface area contributed by atoms with E-state index in [1.807, 2.05) is 43.5 Å². The zero-order valence-electron chi connectivity index (χ0n) is 12.3. The van der Waals surface area contributed by atoms with Gasteiger partial charge in [-0.25, -0.2) is 9.78 Å². The lowest BCUT2D eigenvalue weighted by molar-refractivity contribution is 0.0467. The van der Waals surface area contributed by atoms with E-state index >= 15 is 0 Å². The first kappa shape index (κ1) is 14.5. The maximum Gasteiger partial charge on any atom is 0.338 e. The van der Waals surface area contributed by atoms with Gasteiger partial charge in [-0.05, 0) is 48.6 Å². The molecule has 112 valence electrons. The van der Waals surface area contributed by atoms with Crippen LogP contribution in [0.4, 0.5) is 0 Å². The van der Waals surface area contributed by atoms with E-state index in [-0.39, 0.29) is 12.6 Å². The second-order valence-corrected chi connectivity index (χ2v) is 5.94. The van der Waals surface area contributed by atoms with Crippen LogP contribution < -0.4 is 0 Å². The molecule has 2 aromatic heterocycles. The van der Waals surface area contributed by atoms with E-state index in [1.54, 1.807) is 17.4 Å². The lowest BCUT2D eigenvalue weighted by Crippen LogP contribution is -2.06. The van der Waals surface area contributed by atoms with Gasteiger partial charge in [0.1, 0.15) is 18.6 Å². The van der Waals surface area contributed by atoms with Gasteiger partial charge in [0.05, 0.1) is 10.4 Å². The van der Waals surface area contributed by atoms with Crippen LogP contribution in [-0.4, -0.2) is 11.0 Å². The first-order chi connectivity index (χ1) is 10.6. The van der Waals surface area contributed by atoms with Crippen molar-refractivity contribution in [2.24, 2.45) is 0 Å². The number of rotatable bonds is 4. The highest BCUT2D eigenvalue weighted by atomic mass is 32.1. The molecule has 0 amide bonds. The molecule has 3 aromatic rings. The van der Waals surface area contributed by atoms with Crippen LogP contribution in [0, 0.1) is 13.8 Å². The Balaban J connectivity index is 1.65. The lowest BCUT2D eigenvalue weighted by Gasteiger charge is -2.05. The van der Waals surface area contributed by atoms with Gasteiger partial charge in [0.25, 0.3) is 0 Å². The number of oxazole rings is 1. The van der Waals surface area contributed by atoms with Crippen LogP contribution in [0.25, 0.3) is 10.8 Å². The summed E-state index contributed by atoms with van der Waals surface area (Å²) in [7, 11) is 0. The molecule has 0 atom stereocenters. The van der Waals surface area contributed by atoms with Crippen molar-refractivity contribution in [2.75, 3.05) is 0 Å². The van der Waals surface area contributed by atoms with Gasteiger partial charge < -0.3 is 9.15 Å². The van der Waals surface area contributed by atoms with E-state index in [0.717, 1.165) is 16.0 Å². The number of thiophene rings is 1. The summed E-state index contributed by atoms with van der Waals surface area (Å²) in [5.74, 6) is 0.191. The lowest BCUT2D eigenvalue weighted by atomic mass is 10.1. The number of hydrogen-bond donors (Lipinski definition) is 0. The SMILES string of the molecule is Cc1ccc(C(=O)OCc2coc(-c3cccs3)n2)cc1C. The molecule has 0 aliphatic rings. The van der Waals surface area contributed by atoms with Crippen LogP contribution in [0.5, 0.6) is 0 Å². The van der Waals surface area contributed by atoms with Crippen LogP contribution in [0.1, 0.15) is 27.2 Å². The Morgan fingerprint density at radius 3 is 2.86 bits per heavy atom. The van der Waals surface area contributed by atoms with Gasteiger partial charge in [0.15, 0.2) is 0 Å².